The maximum absolute atomic E-state index is 12.6. The van der Waals surface area contributed by atoms with Gasteiger partial charge in [-0.1, -0.05) is 6.07 Å². The monoisotopic (exact) mass is 456 g/mol. The third-order valence-corrected chi connectivity index (χ3v) is 7.44. The summed E-state index contributed by atoms with van der Waals surface area (Å²) in [7, 11) is -3.55. The number of nitrogens with one attached hydrogen (secondary N) is 1. The van der Waals surface area contributed by atoms with Crippen LogP contribution in [-0.2, 0) is 19.6 Å². The molecular formula is C23H24N2O6S. The maximum atomic E-state index is 12.6. The smallest absolute Gasteiger partial charge is 0.338 e. The predicted molar refractivity (Wildman–Crippen MR) is 117 cm³/mol. The first-order valence-corrected chi connectivity index (χ1v) is 12.0. The zero-order valence-electron chi connectivity index (χ0n) is 17.5. The molecule has 2 aromatic carbocycles. The molecule has 1 N–H and O–H groups in total. The normalized spacial score (nSPS) is 16.5. The van der Waals surface area contributed by atoms with Crippen molar-refractivity contribution < 1.29 is 27.5 Å². The van der Waals surface area contributed by atoms with E-state index in [4.69, 9.17) is 4.74 Å². The Labute approximate surface area is 186 Å². The van der Waals surface area contributed by atoms with Crippen LogP contribution in [0.15, 0.2) is 53.4 Å². The number of benzene rings is 2. The lowest BCUT2D eigenvalue weighted by atomic mass is 10.1. The van der Waals surface area contributed by atoms with E-state index in [0.717, 1.165) is 25.7 Å². The van der Waals surface area contributed by atoms with Crippen molar-refractivity contribution in [3.8, 4) is 0 Å². The Hall–Kier alpha value is -3.04. The van der Waals surface area contributed by atoms with Crippen molar-refractivity contribution in [2.45, 2.75) is 30.6 Å². The Morgan fingerprint density at radius 2 is 1.66 bits per heavy atom. The van der Waals surface area contributed by atoms with Gasteiger partial charge in [0.15, 0.2) is 12.4 Å². The Morgan fingerprint density at radius 1 is 0.969 bits per heavy atom. The van der Waals surface area contributed by atoms with Crippen LogP contribution in [0.2, 0.25) is 0 Å². The Balaban J connectivity index is 1.34. The van der Waals surface area contributed by atoms with E-state index in [-0.39, 0.29) is 27.8 Å². The molecule has 0 radical (unpaired) electrons. The Bertz CT molecular complexity index is 1130. The summed E-state index contributed by atoms with van der Waals surface area (Å²) in [4.78, 5) is 36.7. The highest BCUT2D eigenvalue weighted by molar-refractivity contribution is 7.89. The molecule has 0 aromatic heterocycles. The average Bonchev–Trinajstić information content (AvgIpc) is 3.50. The zero-order valence-corrected chi connectivity index (χ0v) is 18.3. The molecule has 1 amide bonds. The third kappa shape index (κ3) is 5.05. The van der Waals surface area contributed by atoms with Crippen LogP contribution in [0.3, 0.4) is 0 Å². The number of rotatable bonds is 8. The number of amides is 1. The minimum atomic E-state index is -3.55. The number of sulfonamides is 1. The first-order chi connectivity index (χ1) is 15.3. The molecule has 0 atom stereocenters. The number of anilines is 1. The number of ether oxygens (including phenoxy) is 1. The molecule has 1 aliphatic heterocycles. The molecule has 0 spiro atoms. The molecule has 1 aliphatic carbocycles. The number of carbonyl (C=O) groups excluding carboxylic acids is 3. The molecular weight excluding hydrogens is 432 g/mol. The summed E-state index contributed by atoms with van der Waals surface area (Å²) in [5, 5.41) is 2.76. The fourth-order valence-corrected chi connectivity index (χ4v) is 5.02. The van der Waals surface area contributed by atoms with Crippen LogP contribution in [0.4, 0.5) is 5.69 Å². The first kappa shape index (κ1) is 22.2. The fraction of sp³-hybridized carbons (Fsp3) is 0.348. The van der Waals surface area contributed by atoms with E-state index in [1.54, 1.807) is 12.1 Å². The molecule has 168 valence electrons. The van der Waals surface area contributed by atoms with Crippen molar-refractivity contribution in [1.29, 1.82) is 0 Å². The number of ketones is 1. The van der Waals surface area contributed by atoms with Gasteiger partial charge in [0.1, 0.15) is 0 Å². The molecule has 32 heavy (non-hydrogen) atoms. The average molecular weight is 457 g/mol. The van der Waals surface area contributed by atoms with Crippen LogP contribution in [0.5, 0.6) is 0 Å². The molecule has 2 fully saturated rings. The third-order valence-electron chi connectivity index (χ3n) is 5.53. The summed E-state index contributed by atoms with van der Waals surface area (Å²) in [5.41, 5.74) is 0.972. The van der Waals surface area contributed by atoms with Crippen LogP contribution in [0, 0.1) is 5.92 Å². The molecule has 1 saturated heterocycles. The molecule has 1 heterocycles. The largest absolute Gasteiger partial charge is 0.454 e. The molecule has 2 aromatic rings. The van der Waals surface area contributed by atoms with Crippen LogP contribution in [0.25, 0.3) is 0 Å². The van der Waals surface area contributed by atoms with Crippen molar-refractivity contribution in [1.82, 2.24) is 4.31 Å². The van der Waals surface area contributed by atoms with Crippen molar-refractivity contribution in [2.24, 2.45) is 5.92 Å². The molecule has 1 saturated carbocycles. The highest BCUT2D eigenvalue weighted by atomic mass is 32.2. The number of nitrogens with zero attached hydrogens (tertiary/aromatic N) is 1. The Kier molecular flexibility index (Phi) is 6.38. The van der Waals surface area contributed by atoms with Crippen LogP contribution in [0.1, 0.15) is 46.4 Å². The SMILES string of the molecule is O=C(COC(=O)c1cccc(NC(=O)C2CC2)c1)c1ccc(S(=O)(=O)N2CCCC2)cc1. The van der Waals surface area contributed by atoms with E-state index < -0.39 is 28.4 Å². The highest BCUT2D eigenvalue weighted by Gasteiger charge is 2.30. The van der Waals surface area contributed by atoms with E-state index in [9.17, 15) is 22.8 Å². The van der Waals surface area contributed by atoms with Crippen molar-refractivity contribution in [2.75, 3.05) is 25.0 Å². The number of Topliss-reactive ketones (excluding diaryl/α,β-unsaturated/α-hetero) is 1. The van der Waals surface area contributed by atoms with Crippen LogP contribution < -0.4 is 5.32 Å². The van der Waals surface area contributed by atoms with Crippen LogP contribution >= 0.6 is 0 Å². The van der Waals surface area contributed by atoms with Gasteiger partial charge < -0.3 is 10.1 Å². The van der Waals surface area contributed by atoms with E-state index in [0.29, 0.717) is 18.8 Å². The van der Waals surface area contributed by atoms with E-state index in [2.05, 4.69) is 5.32 Å². The van der Waals surface area contributed by atoms with E-state index in [1.165, 1.54) is 40.7 Å². The second-order valence-corrected chi connectivity index (χ2v) is 9.92. The van der Waals surface area contributed by atoms with E-state index >= 15 is 0 Å². The number of hydrogen-bond donors (Lipinski definition) is 1. The van der Waals surface area contributed by atoms with Crippen molar-refractivity contribution in [3.63, 3.8) is 0 Å². The quantitative estimate of drug-likeness (QED) is 0.483. The van der Waals surface area contributed by atoms with Gasteiger partial charge in [-0.25, -0.2) is 13.2 Å². The molecule has 8 nitrogen and oxygen atoms in total. The number of hydrogen-bond acceptors (Lipinski definition) is 6. The summed E-state index contributed by atoms with van der Waals surface area (Å²) in [6.07, 6.45) is 3.44. The lowest BCUT2D eigenvalue weighted by Gasteiger charge is -2.15. The highest BCUT2D eigenvalue weighted by Crippen LogP contribution is 2.30. The molecule has 0 unspecified atom stereocenters. The van der Waals surface area contributed by atoms with Crippen LogP contribution in [-0.4, -0.2) is 50.1 Å². The summed E-state index contributed by atoms with van der Waals surface area (Å²) in [6.45, 7) is 0.532. The van der Waals surface area contributed by atoms with Gasteiger partial charge in [0.25, 0.3) is 0 Å². The minimum absolute atomic E-state index is 0.0416. The lowest BCUT2D eigenvalue weighted by Crippen LogP contribution is -2.27. The van der Waals surface area contributed by atoms with Gasteiger partial charge in [0.2, 0.25) is 15.9 Å². The number of carbonyl (C=O) groups is 3. The number of esters is 1. The second-order valence-electron chi connectivity index (χ2n) is 7.98. The standard InChI is InChI=1S/C23H24N2O6S/c26-21(16-8-10-20(11-9-16)32(29,30)25-12-1-2-13-25)15-31-23(28)18-4-3-5-19(14-18)24-22(27)17-6-7-17/h3-5,8-11,14,17H,1-2,6-7,12-13,15H2,(H,24,27). The lowest BCUT2D eigenvalue weighted by molar-refractivity contribution is -0.117. The predicted octanol–water partition coefficient (Wildman–Crippen LogP) is 2.86. The summed E-state index contributed by atoms with van der Waals surface area (Å²) in [5.74, 6) is -1.16. The van der Waals surface area contributed by atoms with Gasteiger partial charge in [-0.05, 0) is 68.1 Å². The molecule has 2 aliphatic rings. The van der Waals surface area contributed by atoms with Gasteiger partial charge >= 0.3 is 5.97 Å². The molecule has 4 rings (SSSR count). The topological polar surface area (TPSA) is 110 Å². The fourth-order valence-electron chi connectivity index (χ4n) is 3.50. The van der Waals surface area contributed by atoms with Gasteiger partial charge in [0.05, 0.1) is 10.5 Å². The van der Waals surface area contributed by atoms with Gasteiger partial charge in [-0.2, -0.15) is 4.31 Å². The summed E-state index contributed by atoms with van der Waals surface area (Å²) in [6, 6.07) is 12.0. The van der Waals surface area contributed by atoms with Crippen molar-refractivity contribution in [3.05, 3.63) is 59.7 Å². The van der Waals surface area contributed by atoms with Gasteiger partial charge in [-0.15, -0.1) is 0 Å². The van der Waals surface area contributed by atoms with Gasteiger partial charge in [0, 0.05) is 30.3 Å². The zero-order chi connectivity index (χ0) is 22.7. The summed E-state index contributed by atoms with van der Waals surface area (Å²) >= 11 is 0. The Morgan fingerprint density at radius 3 is 2.31 bits per heavy atom. The van der Waals surface area contributed by atoms with Gasteiger partial charge in [-0.3, -0.25) is 9.59 Å². The van der Waals surface area contributed by atoms with E-state index in [1.807, 2.05) is 0 Å². The molecule has 0 bridgehead atoms. The minimum Gasteiger partial charge on any atom is -0.454 e. The second kappa shape index (κ2) is 9.22. The van der Waals surface area contributed by atoms with Crippen molar-refractivity contribution >= 4 is 33.4 Å². The summed E-state index contributed by atoms with van der Waals surface area (Å²) < 4.78 is 31.7. The maximum Gasteiger partial charge on any atom is 0.338 e. The molecule has 9 heteroatoms. The first-order valence-electron chi connectivity index (χ1n) is 10.6.